The van der Waals surface area contributed by atoms with Gasteiger partial charge >= 0.3 is 5.97 Å². The summed E-state index contributed by atoms with van der Waals surface area (Å²) in [5.74, 6) is -1.36. The molecule has 0 bridgehead atoms. The van der Waals surface area contributed by atoms with Crippen LogP contribution >= 0.6 is 0 Å². The number of carbonyl (C=O) groups is 3. The zero-order chi connectivity index (χ0) is 17.1. The maximum atomic E-state index is 12.8. The molecule has 0 aliphatic carbocycles. The molecule has 0 radical (unpaired) electrons. The van der Waals surface area contributed by atoms with Crippen molar-refractivity contribution in [2.24, 2.45) is 11.7 Å². The van der Waals surface area contributed by atoms with Gasteiger partial charge in [0.05, 0.1) is 18.6 Å². The molecule has 3 N–H and O–H groups in total. The van der Waals surface area contributed by atoms with Crippen molar-refractivity contribution in [1.82, 2.24) is 9.88 Å². The van der Waals surface area contributed by atoms with Crippen molar-refractivity contribution in [3.05, 3.63) is 22.5 Å². The van der Waals surface area contributed by atoms with Gasteiger partial charge < -0.3 is 20.4 Å². The Hall–Kier alpha value is -2.31. The lowest BCUT2D eigenvalue weighted by Crippen LogP contribution is -2.44. The number of piperidine rings is 1. The number of esters is 1. The molecule has 1 unspecified atom stereocenters. The summed E-state index contributed by atoms with van der Waals surface area (Å²) in [5.41, 5.74) is 7.42. The zero-order valence-corrected chi connectivity index (χ0v) is 13.8. The van der Waals surface area contributed by atoms with E-state index in [0.29, 0.717) is 48.4 Å². The van der Waals surface area contributed by atoms with Gasteiger partial charge in [-0.1, -0.05) is 6.92 Å². The Bertz CT molecular complexity index is 636. The molecule has 1 aromatic heterocycles. The van der Waals surface area contributed by atoms with Crippen LogP contribution < -0.4 is 5.73 Å². The van der Waals surface area contributed by atoms with Gasteiger partial charge in [-0.05, 0) is 31.7 Å². The van der Waals surface area contributed by atoms with E-state index in [2.05, 4.69) is 4.98 Å². The molecular formula is C16H23N3O4. The van der Waals surface area contributed by atoms with Gasteiger partial charge in [0.1, 0.15) is 5.69 Å². The summed E-state index contributed by atoms with van der Waals surface area (Å²) in [7, 11) is 1.32. The van der Waals surface area contributed by atoms with Crippen LogP contribution in [0, 0.1) is 12.8 Å². The number of aromatic amines is 1. The number of hydrogen-bond donors (Lipinski definition) is 2. The maximum Gasteiger partial charge on any atom is 0.339 e. The van der Waals surface area contributed by atoms with Gasteiger partial charge in [-0.3, -0.25) is 9.59 Å². The van der Waals surface area contributed by atoms with Crippen molar-refractivity contribution < 1.29 is 19.1 Å². The number of aromatic nitrogens is 1. The van der Waals surface area contributed by atoms with Crippen molar-refractivity contribution in [3.8, 4) is 0 Å². The van der Waals surface area contributed by atoms with Gasteiger partial charge in [0.2, 0.25) is 5.91 Å². The molecule has 1 aromatic rings. The van der Waals surface area contributed by atoms with Crippen molar-refractivity contribution in [2.45, 2.75) is 33.1 Å². The Morgan fingerprint density at radius 1 is 1.39 bits per heavy atom. The topological polar surface area (TPSA) is 105 Å². The molecule has 23 heavy (non-hydrogen) atoms. The number of likely N-dealkylation sites (tertiary alicyclic amines) is 1. The Labute approximate surface area is 135 Å². The van der Waals surface area contributed by atoms with Gasteiger partial charge in [0.25, 0.3) is 5.91 Å². The van der Waals surface area contributed by atoms with Crippen LogP contribution in [-0.4, -0.2) is 47.9 Å². The average Bonchev–Trinajstić information content (AvgIpc) is 2.90. The van der Waals surface area contributed by atoms with E-state index in [4.69, 9.17) is 10.5 Å². The summed E-state index contributed by atoms with van der Waals surface area (Å²) in [6.45, 7) is 4.53. The molecule has 7 heteroatoms. The van der Waals surface area contributed by atoms with Crippen molar-refractivity contribution in [1.29, 1.82) is 0 Å². The molecule has 7 nitrogen and oxygen atoms in total. The van der Waals surface area contributed by atoms with Gasteiger partial charge in [-0.2, -0.15) is 0 Å². The molecule has 2 rings (SSSR count). The fourth-order valence-corrected chi connectivity index (χ4v) is 3.07. The average molecular weight is 321 g/mol. The summed E-state index contributed by atoms with van der Waals surface area (Å²) in [4.78, 5) is 40.8. The monoisotopic (exact) mass is 321 g/mol. The number of aryl methyl sites for hydroxylation is 1. The third-order valence-electron chi connectivity index (χ3n) is 4.40. The standard InChI is InChI=1S/C16H23N3O4/c1-4-11-12(16(22)23-3)9(2)13(18-11)15(21)19-7-5-6-10(8-19)14(17)20/h10,18H,4-8H2,1-3H3,(H2,17,20). The van der Waals surface area contributed by atoms with Gasteiger partial charge in [-0.15, -0.1) is 0 Å². The summed E-state index contributed by atoms with van der Waals surface area (Å²) in [6.07, 6.45) is 2.03. The number of methoxy groups -OCH3 is 1. The number of H-pyrrole nitrogens is 1. The van der Waals surface area contributed by atoms with E-state index in [1.807, 2.05) is 6.92 Å². The number of primary amides is 1. The second-order valence-corrected chi connectivity index (χ2v) is 5.82. The fourth-order valence-electron chi connectivity index (χ4n) is 3.07. The highest BCUT2D eigenvalue weighted by Gasteiger charge is 2.31. The van der Waals surface area contributed by atoms with Crippen LogP contribution in [0.2, 0.25) is 0 Å². The SMILES string of the molecule is CCc1[nH]c(C(=O)N2CCCC(C(N)=O)C2)c(C)c1C(=O)OC. The lowest BCUT2D eigenvalue weighted by molar-refractivity contribution is -0.123. The van der Waals surface area contributed by atoms with Crippen LogP contribution in [0.1, 0.15) is 51.9 Å². The molecule has 1 saturated heterocycles. The van der Waals surface area contributed by atoms with Gasteiger partial charge in [0.15, 0.2) is 0 Å². The molecule has 0 saturated carbocycles. The van der Waals surface area contributed by atoms with Crippen LogP contribution in [0.3, 0.4) is 0 Å². The first-order valence-corrected chi connectivity index (χ1v) is 7.79. The van der Waals surface area contributed by atoms with Gasteiger partial charge in [-0.25, -0.2) is 4.79 Å². The summed E-state index contributed by atoms with van der Waals surface area (Å²) in [5, 5.41) is 0. The Morgan fingerprint density at radius 2 is 2.09 bits per heavy atom. The third-order valence-corrected chi connectivity index (χ3v) is 4.40. The lowest BCUT2D eigenvalue weighted by atomic mass is 9.97. The number of carbonyl (C=O) groups excluding carboxylic acids is 3. The number of hydrogen-bond acceptors (Lipinski definition) is 4. The van der Waals surface area contributed by atoms with Crippen molar-refractivity contribution in [3.63, 3.8) is 0 Å². The summed E-state index contributed by atoms with van der Waals surface area (Å²) >= 11 is 0. The minimum atomic E-state index is -0.455. The largest absolute Gasteiger partial charge is 0.465 e. The molecule has 1 aliphatic rings. The number of ether oxygens (including phenoxy) is 1. The first kappa shape index (κ1) is 17.1. The molecule has 1 atom stereocenters. The summed E-state index contributed by atoms with van der Waals surface area (Å²) in [6, 6.07) is 0. The highest BCUT2D eigenvalue weighted by Crippen LogP contribution is 2.24. The quantitative estimate of drug-likeness (QED) is 0.807. The highest BCUT2D eigenvalue weighted by atomic mass is 16.5. The second-order valence-electron chi connectivity index (χ2n) is 5.82. The van der Waals surface area contributed by atoms with Gasteiger partial charge in [0, 0.05) is 18.8 Å². The van der Waals surface area contributed by atoms with Crippen molar-refractivity contribution >= 4 is 17.8 Å². The van der Waals surface area contributed by atoms with E-state index in [1.165, 1.54) is 7.11 Å². The number of rotatable bonds is 4. The van der Waals surface area contributed by atoms with E-state index in [-0.39, 0.29) is 17.7 Å². The first-order chi connectivity index (χ1) is 10.9. The number of nitrogens with one attached hydrogen (secondary N) is 1. The van der Waals surface area contributed by atoms with Crippen LogP contribution in [0.25, 0.3) is 0 Å². The minimum Gasteiger partial charge on any atom is -0.465 e. The number of nitrogens with two attached hydrogens (primary N) is 1. The fraction of sp³-hybridized carbons (Fsp3) is 0.562. The third kappa shape index (κ3) is 3.23. The molecule has 1 aliphatic heterocycles. The Morgan fingerprint density at radius 3 is 2.65 bits per heavy atom. The van der Waals surface area contributed by atoms with Crippen LogP contribution in [0.4, 0.5) is 0 Å². The molecule has 1 fully saturated rings. The summed E-state index contributed by atoms with van der Waals surface area (Å²) < 4.78 is 4.80. The van der Waals surface area contributed by atoms with E-state index >= 15 is 0 Å². The minimum absolute atomic E-state index is 0.210. The Kier molecular flexibility index (Phi) is 5.08. The van der Waals surface area contributed by atoms with E-state index < -0.39 is 5.97 Å². The normalized spacial score (nSPS) is 17.9. The molecule has 2 amide bonds. The molecule has 2 heterocycles. The maximum absolute atomic E-state index is 12.8. The molecule has 0 spiro atoms. The number of nitrogens with zero attached hydrogens (tertiary/aromatic N) is 1. The molecule has 126 valence electrons. The van der Waals surface area contributed by atoms with E-state index in [9.17, 15) is 14.4 Å². The van der Waals surface area contributed by atoms with E-state index in [0.717, 1.165) is 6.42 Å². The zero-order valence-electron chi connectivity index (χ0n) is 13.8. The smallest absolute Gasteiger partial charge is 0.339 e. The van der Waals surface area contributed by atoms with Crippen LogP contribution in [-0.2, 0) is 16.0 Å². The predicted octanol–water partition coefficient (Wildman–Crippen LogP) is 1.01. The van der Waals surface area contributed by atoms with Crippen LogP contribution in [0.5, 0.6) is 0 Å². The number of amides is 2. The highest BCUT2D eigenvalue weighted by molar-refractivity contribution is 6.00. The lowest BCUT2D eigenvalue weighted by Gasteiger charge is -2.31. The van der Waals surface area contributed by atoms with E-state index in [1.54, 1.807) is 11.8 Å². The molecular weight excluding hydrogens is 298 g/mol. The van der Waals surface area contributed by atoms with Crippen LogP contribution in [0.15, 0.2) is 0 Å². The second kappa shape index (κ2) is 6.85. The Balaban J connectivity index is 2.31. The predicted molar refractivity (Wildman–Crippen MR) is 84.1 cm³/mol. The molecule has 0 aromatic carbocycles. The van der Waals surface area contributed by atoms with Crippen molar-refractivity contribution in [2.75, 3.05) is 20.2 Å². The first-order valence-electron chi connectivity index (χ1n) is 7.79.